The predicted octanol–water partition coefficient (Wildman–Crippen LogP) is 4.01. The van der Waals surface area contributed by atoms with Crippen molar-refractivity contribution in [1.82, 2.24) is 25.5 Å². The van der Waals surface area contributed by atoms with Gasteiger partial charge in [0, 0.05) is 55.9 Å². The van der Waals surface area contributed by atoms with Crippen LogP contribution in [0, 0.1) is 5.82 Å². The number of hydrogen-bond donors (Lipinski definition) is 2. The summed E-state index contributed by atoms with van der Waals surface area (Å²) in [6, 6.07) is 6.82. The number of alkyl halides is 1. The molecule has 0 aliphatic carbocycles. The third-order valence-electron chi connectivity index (χ3n) is 11.2. The second kappa shape index (κ2) is 12.8. The Balaban J connectivity index is 1.18. The number of imide groups is 1. The number of nitrogens with one attached hydrogen (secondary N) is 2. The highest BCUT2D eigenvalue weighted by Gasteiger charge is 2.51. The van der Waals surface area contributed by atoms with Gasteiger partial charge in [0.1, 0.15) is 35.7 Å². The summed E-state index contributed by atoms with van der Waals surface area (Å²) in [5.74, 6) is 0.700. The number of carbonyl (C=O) groups is 2. The SMILES string of the molecule is CCc1c(F)ccc2cc(OCOC)cc(N3CCc4c(nc(OC[C@@]56CCCN5C[C@H](F)C6)nc4N4CCC[C@]5(C4)NC(=O)NC5=O)C3)c12. The molecule has 12 nitrogen and oxygen atoms in total. The van der Waals surface area contributed by atoms with E-state index in [2.05, 4.69) is 25.3 Å². The predicted molar refractivity (Wildman–Crippen MR) is 182 cm³/mol. The van der Waals surface area contributed by atoms with Crippen molar-refractivity contribution in [2.45, 2.75) is 75.7 Å². The summed E-state index contributed by atoms with van der Waals surface area (Å²) in [7, 11) is 1.56. The lowest BCUT2D eigenvalue weighted by Crippen LogP contribution is -2.59. The minimum Gasteiger partial charge on any atom is -0.467 e. The maximum absolute atomic E-state index is 15.2. The quantitative estimate of drug-likeness (QED) is 0.252. The summed E-state index contributed by atoms with van der Waals surface area (Å²) in [5, 5.41) is 6.97. The molecular weight excluding hydrogens is 648 g/mol. The molecule has 5 aliphatic heterocycles. The van der Waals surface area contributed by atoms with Gasteiger partial charge in [-0.3, -0.25) is 15.0 Å². The average Bonchev–Trinajstić information content (AvgIpc) is 3.73. The molecule has 4 fully saturated rings. The van der Waals surface area contributed by atoms with Gasteiger partial charge >= 0.3 is 12.0 Å². The van der Waals surface area contributed by atoms with Crippen LogP contribution < -0.4 is 29.9 Å². The summed E-state index contributed by atoms with van der Waals surface area (Å²) in [6.45, 7) is 5.46. The van der Waals surface area contributed by atoms with Gasteiger partial charge in [-0.1, -0.05) is 13.0 Å². The van der Waals surface area contributed by atoms with E-state index in [0.717, 1.165) is 47.1 Å². The molecule has 0 bridgehead atoms. The standard InChI is InChI=1S/C36H43F2N7O5/c1-3-25-27(38)7-6-22-14-24(50-21-48-2)15-29(30(22)25)43-13-8-26-28(18-43)39-34(49-20-35-9-4-12-45(35)17-23(37)16-35)40-31(26)44-11-5-10-36(19-44)32(46)41-33(47)42-36/h6-7,14-15,23H,3-5,8-13,16-21H2,1-2H3,(H2,41,42,46,47)/t23-,35+,36-/m1/s1. The zero-order valence-electron chi connectivity index (χ0n) is 28.5. The summed E-state index contributed by atoms with van der Waals surface area (Å²) in [6.07, 6.45) is 3.68. The largest absolute Gasteiger partial charge is 0.467 e. The number of aryl methyl sites for hydroxylation is 1. The van der Waals surface area contributed by atoms with Gasteiger partial charge in [0.05, 0.1) is 24.3 Å². The normalized spacial score (nSPS) is 26.4. The van der Waals surface area contributed by atoms with Gasteiger partial charge in [-0.25, -0.2) is 13.6 Å². The topological polar surface area (TPSA) is 121 Å². The summed E-state index contributed by atoms with van der Waals surface area (Å²) in [5.41, 5.74) is 1.75. The first-order valence-corrected chi connectivity index (χ1v) is 17.6. The Morgan fingerprint density at radius 1 is 1.06 bits per heavy atom. The van der Waals surface area contributed by atoms with Crippen molar-refractivity contribution in [2.24, 2.45) is 0 Å². The van der Waals surface area contributed by atoms with E-state index in [-0.39, 0.29) is 43.2 Å². The molecular formula is C36H43F2N7O5. The van der Waals surface area contributed by atoms with Crippen molar-refractivity contribution < 1.29 is 32.6 Å². The maximum atomic E-state index is 15.2. The Hall–Kier alpha value is -4.30. The fourth-order valence-electron chi connectivity index (χ4n) is 8.89. The smallest absolute Gasteiger partial charge is 0.322 e. The highest BCUT2D eigenvalue weighted by Crippen LogP contribution is 2.42. The number of carbonyl (C=O) groups excluding carboxylic acids is 2. The molecule has 4 saturated heterocycles. The maximum Gasteiger partial charge on any atom is 0.322 e. The van der Waals surface area contributed by atoms with Crippen LogP contribution in [0.25, 0.3) is 10.8 Å². The van der Waals surface area contributed by atoms with E-state index >= 15 is 4.39 Å². The minimum absolute atomic E-state index is 0.0742. The molecule has 0 unspecified atom stereocenters. The van der Waals surface area contributed by atoms with Crippen LogP contribution in [0.4, 0.5) is 25.1 Å². The molecule has 3 amide bonds. The van der Waals surface area contributed by atoms with Crippen LogP contribution >= 0.6 is 0 Å². The fraction of sp³-hybridized carbons (Fsp3) is 0.556. The Kier molecular flexibility index (Phi) is 8.41. The lowest BCUT2D eigenvalue weighted by atomic mass is 9.88. The van der Waals surface area contributed by atoms with Gasteiger partial charge in [-0.2, -0.15) is 9.97 Å². The van der Waals surface area contributed by atoms with Crippen LogP contribution in [-0.2, 0) is 28.9 Å². The number of methoxy groups -OCH3 is 1. The number of hydrogen-bond acceptors (Lipinski definition) is 10. The molecule has 0 radical (unpaired) electrons. The van der Waals surface area contributed by atoms with Gasteiger partial charge in [0.15, 0.2) is 6.79 Å². The number of aromatic nitrogens is 2. The number of piperidine rings is 1. The van der Waals surface area contributed by atoms with Crippen molar-refractivity contribution in [2.75, 3.05) is 63.0 Å². The van der Waals surface area contributed by atoms with Crippen LogP contribution in [0.3, 0.4) is 0 Å². The molecule has 2 aromatic carbocycles. The number of urea groups is 1. The monoisotopic (exact) mass is 691 g/mol. The number of fused-ring (bicyclic) bond motifs is 3. The van der Waals surface area contributed by atoms with Gasteiger partial charge in [-0.05, 0) is 68.2 Å². The number of ether oxygens (including phenoxy) is 3. The van der Waals surface area contributed by atoms with Crippen LogP contribution in [-0.4, -0.2) is 97.3 Å². The molecule has 3 aromatic rings. The Morgan fingerprint density at radius 2 is 1.92 bits per heavy atom. The lowest BCUT2D eigenvalue weighted by molar-refractivity contribution is -0.124. The number of rotatable bonds is 9. The molecule has 266 valence electrons. The minimum atomic E-state index is -1.04. The first-order chi connectivity index (χ1) is 24.2. The van der Waals surface area contributed by atoms with E-state index in [9.17, 15) is 14.0 Å². The van der Waals surface area contributed by atoms with E-state index in [1.807, 2.05) is 19.1 Å². The van der Waals surface area contributed by atoms with Crippen molar-refractivity contribution in [3.8, 4) is 11.8 Å². The van der Waals surface area contributed by atoms with Gasteiger partial charge in [-0.15, -0.1) is 0 Å². The zero-order valence-corrected chi connectivity index (χ0v) is 28.5. The number of nitrogens with zero attached hydrogens (tertiary/aromatic N) is 5. The van der Waals surface area contributed by atoms with Crippen LogP contribution in [0.15, 0.2) is 24.3 Å². The molecule has 1 aromatic heterocycles. The van der Waals surface area contributed by atoms with E-state index in [4.69, 9.17) is 24.2 Å². The first-order valence-electron chi connectivity index (χ1n) is 17.6. The Morgan fingerprint density at radius 3 is 2.72 bits per heavy atom. The van der Waals surface area contributed by atoms with E-state index in [1.54, 1.807) is 13.2 Å². The van der Waals surface area contributed by atoms with Gasteiger partial charge in [0.2, 0.25) is 0 Å². The fourth-order valence-corrected chi connectivity index (χ4v) is 8.89. The molecule has 0 saturated carbocycles. The van der Waals surface area contributed by atoms with Crippen molar-refractivity contribution in [3.05, 3.63) is 46.9 Å². The Labute approximate surface area is 289 Å². The van der Waals surface area contributed by atoms with Crippen LogP contribution in [0.2, 0.25) is 0 Å². The van der Waals surface area contributed by atoms with Gasteiger partial charge < -0.3 is 29.3 Å². The van der Waals surface area contributed by atoms with Crippen LogP contribution in [0.1, 0.15) is 55.8 Å². The van der Waals surface area contributed by atoms with E-state index in [1.165, 1.54) is 6.07 Å². The van der Waals surface area contributed by atoms with Crippen LogP contribution in [0.5, 0.6) is 11.8 Å². The lowest BCUT2D eigenvalue weighted by Gasteiger charge is -2.40. The number of benzene rings is 2. The third kappa shape index (κ3) is 5.66. The second-order valence-corrected chi connectivity index (χ2v) is 14.3. The molecule has 5 aliphatic rings. The number of anilines is 2. The Bertz CT molecular complexity index is 1850. The molecule has 14 heteroatoms. The zero-order chi connectivity index (χ0) is 34.6. The number of amides is 3. The first kappa shape index (κ1) is 32.9. The third-order valence-corrected chi connectivity index (χ3v) is 11.2. The van der Waals surface area contributed by atoms with Crippen molar-refractivity contribution >= 4 is 34.2 Å². The second-order valence-electron chi connectivity index (χ2n) is 14.3. The molecule has 1 spiro atoms. The summed E-state index contributed by atoms with van der Waals surface area (Å²) in [4.78, 5) is 41.6. The summed E-state index contributed by atoms with van der Waals surface area (Å²) >= 11 is 0. The molecule has 3 atom stereocenters. The van der Waals surface area contributed by atoms with Gasteiger partial charge in [0.25, 0.3) is 5.91 Å². The highest BCUT2D eigenvalue weighted by molar-refractivity contribution is 6.07. The highest BCUT2D eigenvalue weighted by atomic mass is 19.1. The molecule has 2 N–H and O–H groups in total. The van der Waals surface area contributed by atoms with E-state index < -0.39 is 17.7 Å². The molecule has 6 heterocycles. The average molecular weight is 692 g/mol. The molecule has 8 rings (SSSR count). The summed E-state index contributed by atoms with van der Waals surface area (Å²) < 4.78 is 47.3. The molecule has 50 heavy (non-hydrogen) atoms. The number of halogens is 2. The van der Waals surface area contributed by atoms with Crippen molar-refractivity contribution in [1.29, 1.82) is 0 Å². The van der Waals surface area contributed by atoms with E-state index in [0.29, 0.717) is 75.4 Å². The van der Waals surface area contributed by atoms with Crippen molar-refractivity contribution in [3.63, 3.8) is 0 Å².